The van der Waals surface area contributed by atoms with Gasteiger partial charge in [0.05, 0.1) is 10.8 Å². The van der Waals surface area contributed by atoms with Gasteiger partial charge >= 0.3 is 0 Å². The highest BCUT2D eigenvalue weighted by atomic mass is 35.5. The predicted octanol–water partition coefficient (Wildman–Crippen LogP) is 3.48. The third-order valence-electron chi connectivity index (χ3n) is 3.35. The Morgan fingerprint density at radius 3 is 2.76 bits per heavy atom. The van der Waals surface area contributed by atoms with E-state index in [4.69, 9.17) is 11.6 Å². The van der Waals surface area contributed by atoms with E-state index in [1.807, 2.05) is 40.8 Å². The van der Waals surface area contributed by atoms with Crippen molar-refractivity contribution >= 4 is 35.0 Å². The number of thioether (sulfide) groups is 1. The summed E-state index contributed by atoms with van der Waals surface area (Å²) in [5.41, 5.74) is 0.443. The zero-order chi connectivity index (χ0) is 17.8. The molecule has 0 spiro atoms. The normalized spacial score (nSPS) is 10.8. The third kappa shape index (κ3) is 4.02. The van der Waals surface area contributed by atoms with Crippen LogP contribution in [0.15, 0.2) is 47.9 Å². The summed E-state index contributed by atoms with van der Waals surface area (Å²) in [7, 11) is 0. The first kappa shape index (κ1) is 17.5. The van der Waals surface area contributed by atoms with Crippen LogP contribution in [0, 0.1) is 5.82 Å². The third-order valence-corrected chi connectivity index (χ3v) is 4.56. The first-order valence-corrected chi connectivity index (χ1v) is 8.90. The summed E-state index contributed by atoms with van der Waals surface area (Å²) < 4.78 is 16.9. The SMILES string of the molecule is CCc1nnc(SCC(=O)Nc2ccc(F)c(Cl)c2)n1-n1cccc1. The standard InChI is InChI=1S/C16H15ClFN5OS/c1-2-14-20-21-16(23(14)22-7-3-4-8-22)25-10-15(24)19-11-5-6-13(18)12(17)9-11/h3-9H,2,10H2,1H3,(H,19,24). The van der Waals surface area contributed by atoms with E-state index in [1.165, 1.54) is 30.0 Å². The number of nitrogens with one attached hydrogen (secondary N) is 1. The van der Waals surface area contributed by atoms with E-state index in [2.05, 4.69) is 15.5 Å². The van der Waals surface area contributed by atoms with Crippen molar-refractivity contribution in [1.29, 1.82) is 0 Å². The number of amides is 1. The first-order valence-electron chi connectivity index (χ1n) is 7.54. The molecule has 25 heavy (non-hydrogen) atoms. The fraction of sp³-hybridized carbons (Fsp3) is 0.188. The van der Waals surface area contributed by atoms with Crippen LogP contribution in [0.2, 0.25) is 5.02 Å². The van der Waals surface area contributed by atoms with Crippen LogP contribution >= 0.6 is 23.4 Å². The lowest BCUT2D eigenvalue weighted by Gasteiger charge is -2.10. The fourth-order valence-corrected chi connectivity index (χ4v) is 3.13. The molecule has 3 rings (SSSR count). The van der Waals surface area contributed by atoms with Gasteiger partial charge in [0.1, 0.15) is 5.82 Å². The summed E-state index contributed by atoms with van der Waals surface area (Å²) >= 11 is 6.98. The highest BCUT2D eigenvalue weighted by Gasteiger charge is 2.14. The Labute approximate surface area is 153 Å². The number of anilines is 1. The number of carbonyl (C=O) groups excluding carboxylic acids is 1. The van der Waals surface area contributed by atoms with Crippen LogP contribution in [-0.2, 0) is 11.2 Å². The number of aromatic nitrogens is 4. The Bertz CT molecular complexity index is 881. The molecule has 0 saturated heterocycles. The van der Waals surface area contributed by atoms with Gasteiger partial charge in [-0.3, -0.25) is 9.47 Å². The molecule has 3 aromatic rings. The number of aryl methyl sites for hydroxylation is 1. The summed E-state index contributed by atoms with van der Waals surface area (Å²) in [6.07, 6.45) is 4.48. The molecular formula is C16H15ClFN5OS. The molecule has 0 atom stereocenters. The molecule has 6 nitrogen and oxygen atoms in total. The Morgan fingerprint density at radius 1 is 1.32 bits per heavy atom. The summed E-state index contributed by atoms with van der Waals surface area (Å²) in [4.78, 5) is 12.1. The van der Waals surface area contributed by atoms with Crippen LogP contribution in [0.1, 0.15) is 12.7 Å². The lowest BCUT2D eigenvalue weighted by Crippen LogP contribution is -2.16. The number of benzene rings is 1. The van der Waals surface area contributed by atoms with E-state index >= 15 is 0 Å². The van der Waals surface area contributed by atoms with E-state index in [-0.39, 0.29) is 16.7 Å². The van der Waals surface area contributed by atoms with Crippen molar-refractivity contribution in [3.63, 3.8) is 0 Å². The number of carbonyl (C=O) groups is 1. The summed E-state index contributed by atoms with van der Waals surface area (Å²) in [6.45, 7) is 1.99. The smallest absolute Gasteiger partial charge is 0.234 e. The van der Waals surface area contributed by atoms with Gasteiger partial charge in [0, 0.05) is 24.5 Å². The number of hydrogen-bond acceptors (Lipinski definition) is 4. The van der Waals surface area contributed by atoms with Gasteiger partial charge in [0.2, 0.25) is 11.1 Å². The van der Waals surface area contributed by atoms with Crippen molar-refractivity contribution in [1.82, 2.24) is 19.5 Å². The zero-order valence-corrected chi connectivity index (χ0v) is 14.9. The van der Waals surface area contributed by atoms with Crippen LogP contribution in [0.4, 0.5) is 10.1 Å². The van der Waals surface area contributed by atoms with Crippen LogP contribution < -0.4 is 5.32 Å². The van der Waals surface area contributed by atoms with E-state index in [9.17, 15) is 9.18 Å². The number of hydrogen-bond donors (Lipinski definition) is 1. The van der Waals surface area contributed by atoms with Gasteiger partial charge in [-0.15, -0.1) is 10.2 Å². The highest BCUT2D eigenvalue weighted by Crippen LogP contribution is 2.21. The predicted molar refractivity (Wildman–Crippen MR) is 95.4 cm³/mol. The Balaban J connectivity index is 1.68. The molecule has 0 radical (unpaired) electrons. The second-order valence-electron chi connectivity index (χ2n) is 5.09. The van der Waals surface area contributed by atoms with Crippen LogP contribution in [0.3, 0.4) is 0 Å². The van der Waals surface area contributed by atoms with E-state index in [1.54, 1.807) is 0 Å². The van der Waals surface area contributed by atoms with Gasteiger partial charge in [0.25, 0.3) is 0 Å². The fourth-order valence-electron chi connectivity index (χ4n) is 2.20. The quantitative estimate of drug-likeness (QED) is 0.666. The van der Waals surface area contributed by atoms with E-state index in [0.717, 1.165) is 5.82 Å². The molecule has 2 aromatic heterocycles. The van der Waals surface area contributed by atoms with Gasteiger partial charge < -0.3 is 5.32 Å². The maximum atomic E-state index is 13.2. The summed E-state index contributed by atoms with van der Waals surface area (Å²) in [6, 6.07) is 7.84. The van der Waals surface area contributed by atoms with Crippen molar-refractivity contribution in [2.75, 3.05) is 11.1 Å². The largest absolute Gasteiger partial charge is 0.325 e. The summed E-state index contributed by atoms with van der Waals surface area (Å²) in [5.74, 6) is 0.163. The second-order valence-corrected chi connectivity index (χ2v) is 6.44. The maximum Gasteiger partial charge on any atom is 0.234 e. The number of nitrogens with zero attached hydrogens (tertiary/aromatic N) is 4. The molecular weight excluding hydrogens is 365 g/mol. The van der Waals surface area contributed by atoms with Gasteiger partial charge in [-0.1, -0.05) is 30.3 Å². The molecule has 0 saturated carbocycles. The highest BCUT2D eigenvalue weighted by molar-refractivity contribution is 7.99. The van der Waals surface area contributed by atoms with Crippen molar-refractivity contribution in [3.05, 3.63) is 59.4 Å². The number of halogens is 2. The van der Waals surface area contributed by atoms with Gasteiger partial charge in [-0.05, 0) is 30.3 Å². The lowest BCUT2D eigenvalue weighted by atomic mass is 10.3. The minimum atomic E-state index is -0.527. The molecule has 1 amide bonds. The van der Waals surface area contributed by atoms with Gasteiger partial charge in [0.15, 0.2) is 5.82 Å². The van der Waals surface area contributed by atoms with E-state index < -0.39 is 5.82 Å². The molecule has 0 aliphatic heterocycles. The molecule has 1 N–H and O–H groups in total. The lowest BCUT2D eigenvalue weighted by molar-refractivity contribution is -0.113. The maximum absolute atomic E-state index is 13.2. The van der Waals surface area contributed by atoms with Gasteiger partial charge in [-0.2, -0.15) is 0 Å². The summed E-state index contributed by atoms with van der Waals surface area (Å²) in [5, 5.41) is 11.6. The minimum absolute atomic E-state index is 0.0367. The van der Waals surface area contributed by atoms with Crippen LogP contribution in [-0.4, -0.2) is 31.2 Å². The molecule has 0 unspecified atom stereocenters. The molecule has 0 bridgehead atoms. The molecule has 0 aliphatic carbocycles. The Kier molecular flexibility index (Phi) is 5.40. The monoisotopic (exact) mass is 379 g/mol. The first-order chi connectivity index (χ1) is 12.1. The molecule has 9 heteroatoms. The number of rotatable bonds is 6. The topological polar surface area (TPSA) is 64.7 Å². The van der Waals surface area contributed by atoms with Crippen molar-refractivity contribution in [3.8, 4) is 0 Å². The second kappa shape index (κ2) is 7.71. The molecule has 130 valence electrons. The van der Waals surface area contributed by atoms with Crippen molar-refractivity contribution in [2.45, 2.75) is 18.5 Å². The Morgan fingerprint density at radius 2 is 2.08 bits per heavy atom. The minimum Gasteiger partial charge on any atom is -0.325 e. The van der Waals surface area contributed by atoms with E-state index in [0.29, 0.717) is 17.3 Å². The molecule has 2 heterocycles. The van der Waals surface area contributed by atoms with Crippen molar-refractivity contribution < 1.29 is 9.18 Å². The van der Waals surface area contributed by atoms with Gasteiger partial charge in [-0.25, -0.2) is 9.07 Å². The molecule has 0 aliphatic rings. The van der Waals surface area contributed by atoms with Crippen molar-refractivity contribution in [2.24, 2.45) is 0 Å². The molecule has 1 aromatic carbocycles. The average Bonchev–Trinajstić information content (AvgIpc) is 3.24. The van der Waals surface area contributed by atoms with Crippen LogP contribution in [0.25, 0.3) is 0 Å². The Hall–Kier alpha value is -2.32. The zero-order valence-electron chi connectivity index (χ0n) is 13.3. The molecule has 0 fully saturated rings. The average molecular weight is 380 g/mol. The van der Waals surface area contributed by atoms with Crippen LogP contribution in [0.5, 0.6) is 0 Å².